The molecule has 0 atom stereocenters. The van der Waals surface area contributed by atoms with Crippen molar-refractivity contribution < 1.29 is 4.79 Å². The van der Waals surface area contributed by atoms with Crippen LogP contribution in [0.15, 0.2) is 64.5 Å². The van der Waals surface area contributed by atoms with Crippen molar-refractivity contribution in [1.29, 1.82) is 5.26 Å². The fourth-order valence-electron chi connectivity index (χ4n) is 4.86. The molecule has 0 bridgehead atoms. The third kappa shape index (κ3) is 4.19. The number of aromatic nitrogens is 4. The quantitative estimate of drug-likeness (QED) is 0.384. The summed E-state index contributed by atoms with van der Waals surface area (Å²) in [5.74, 6) is 0.450. The first-order chi connectivity index (χ1) is 17.0. The van der Waals surface area contributed by atoms with E-state index in [9.17, 15) is 14.9 Å². The van der Waals surface area contributed by atoms with Gasteiger partial charge in [0.05, 0.1) is 29.3 Å². The van der Waals surface area contributed by atoms with E-state index >= 15 is 0 Å². The van der Waals surface area contributed by atoms with Crippen molar-refractivity contribution in [1.82, 2.24) is 24.1 Å². The summed E-state index contributed by atoms with van der Waals surface area (Å²) < 4.78 is 3.47. The lowest BCUT2D eigenvalue weighted by Gasteiger charge is -2.39. The largest absolute Gasteiger partial charge is 0.326 e. The van der Waals surface area contributed by atoms with Gasteiger partial charge >= 0.3 is 0 Å². The third-order valence-corrected chi connectivity index (χ3v) is 7.81. The fourth-order valence-corrected chi connectivity index (χ4v) is 5.71. The number of thioether (sulfide) groups is 1. The van der Waals surface area contributed by atoms with Gasteiger partial charge in [0.15, 0.2) is 5.16 Å². The Hall–Kier alpha value is -3.64. The number of benzene rings is 2. The van der Waals surface area contributed by atoms with Crippen LogP contribution in [0, 0.1) is 11.3 Å². The number of hydrogen-bond acceptors (Lipinski definition) is 6. The Morgan fingerprint density at radius 3 is 2.54 bits per heavy atom. The molecule has 35 heavy (non-hydrogen) atoms. The molecule has 1 saturated carbocycles. The summed E-state index contributed by atoms with van der Waals surface area (Å²) in [6.45, 7) is 0.364. The highest BCUT2D eigenvalue weighted by Crippen LogP contribution is 2.33. The molecule has 4 aromatic rings. The number of carbonyl (C=O) groups is 1. The first-order valence-electron chi connectivity index (χ1n) is 11.8. The standard InChI is InChI=1S/C26H26N6O2S/c1-30(26(18-27)14-8-3-9-15-26)22(33)17-35-25-29-28-24-31(16-19-10-4-2-5-11-19)23(34)20-12-6-7-13-21(20)32(24)25/h2,4-7,10-13H,3,8-9,14-17H2,1H3. The normalized spacial score (nSPS) is 15.2. The number of fused-ring (bicyclic) bond motifs is 3. The maximum atomic E-state index is 13.3. The molecule has 0 unspecified atom stereocenters. The molecule has 2 aromatic carbocycles. The third-order valence-electron chi connectivity index (χ3n) is 6.89. The van der Waals surface area contributed by atoms with Gasteiger partial charge in [0.2, 0.25) is 11.7 Å². The molecule has 0 N–H and O–H groups in total. The minimum atomic E-state index is -0.730. The van der Waals surface area contributed by atoms with E-state index in [0.717, 1.165) is 24.8 Å². The van der Waals surface area contributed by atoms with Crippen LogP contribution in [0.2, 0.25) is 0 Å². The molecular formula is C26H26N6O2S. The maximum absolute atomic E-state index is 13.3. The minimum Gasteiger partial charge on any atom is -0.326 e. The zero-order valence-corrected chi connectivity index (χ0v) is 20.4. The van der Waals surface area contributed by atoms with Crippen LogP contribution in [0.1, 0.15) is 37.7 Å². The van der Waals surface area contributed by atoms with Crippen LogP contribution in [-0.4, -0.2) is 48.3 Å². The molecule has 0 aliphatic heterocycles. The Kier molecular flexibility index (Phi) is 6.31. The van der Waals surface area contributed by atoms with Crippen molar-refractivity contribution in [2.45, 2.75) is 49.3 Å². The average molecular weight is 487 g/mol. The van der Waals surface area contributed by atoms with Crippen molar-refractivity contribution in [3.63, 3.8) is 0 Å². The number of rotatable bonds is 6. The number of nitrogens with zero attached hydrogens (tertiary/aromatic N) is 6. The molecule has 0 radical (unpaired) electrons. The Bertz CT molecular complexity index is 1480. The predicted molar refractivity (Wildman–Crippen MR) is 135 cm³/mol. The molecule has 1 amide bonds. The first kappa shape index (κ1) is 23.1. The summed E-state index contributed by atoms with van der Waals surface area (Å²) in [6.07, 6.45) is 4.43. The van der Waals surface area contributed by atoms with Crippen LogP contribution < -0.4 is 5.56 Å². The van der Waals surface area contributed by atoms with E-state index in [1.165, 1.54) is 11.8 Å². The van der Waals surface area contributed by atoms with Gasteiger partial charge in [-0.15, -0.1) is 10.2 Å². The van der Waals surface area contributed by atoms with E-state index in [0.29, 0.717) is 41.2 Å². The number of nitriles is 1. The van der Waals surface area contributed by atoms with Crippen LogP contribution in [0.3, 0.4) is 0 Å². The molecule has 9 heteroatoms. The lowest BCUT2D eigenvalue weighted by atomic mass is 9.81. The molecule has 2 heterocycles. The Morgan fingerprint density at radius 2 is 1.80 bits per heavy atom. The zero-order chi connectivity index (χ0) is 24.4. The highest BCUT2D eigenvalue weighted by atomic mass is 32.2. The fraction of sp³-hybridized carbons (Fsp3) is 0.346. The van der Waals surface area contributed by atoms with Crippen molar-refractivity contribution in [3.05, 3.63) is 70.5 Å². The van der Waals surface area contributed by atoms with Gasteiger partial charge in [0.25, 0.3) is 5.56 Å². The van der Waals surface area contributed by atoms with Gasteiger partial charge in [0, 0.05) is 7.05 Å². The van der Waals surface area contributed by atoms with Gasteiger partial charge in [-0.25, -0.2) is 0 Å². The lowest BCUT2D eigenvalue weighted by molar-refractivity contribution is -0.131. The summed E-state index contributed by atoms with van der Waals surface area (Å²) in [4.78, 5) is 28.1. The van der Waals surface area contributed by atoms with Crippen LogP contribution in [0.4, 0.5) is 0 Å². The van der Waals surface area contributed by atoms with Gasteiger partial charge in [-0.2, -0.15) is 5.26 Å². The highest BCUT2D eigenvalue weighted by Gasteiger charge is 2.38. The summed E-state index contributed by atoms with van der Waals surface area (Å²) in [5.41, 5.74) is 0.817. The molecule has 1 aliphatic rings. The van der Waals surface area contributed by atoms with E-state index in [1.54, 1.807) is 22.6 Å². The SMILES string of the molecule is CN(C(=O)CSc1nnc2n(Cc3ccccc3)c(=O)c3ccccc3n12)C1(C#N)CCCCC1. The number of para-hydroxylation sites is 1. The van der Waals surface area contributed by atoms with Crippen LogP contribution >= 0.6 is 11.8 Å². The smallest absolute Gasteiger partial charge is 0.263 e. The second-order valence-electron chi connectivity index (χ2n) is 8.96. The van der Waals surface area contributed by atoms with Gasteiger partial charge in [-0.3, -0.25) is 18.6 Å². The number of carbonyl (C=O) groups excluding carboxylic acids is 1. The molecule has 5 rings (SSSR count). The van der Waals surface area contributed by atoms with Gasteiger partial charge < -0.3 is 4.90 Å². The zero-order valence-electron chi connectivity index (χ0n) is 19.6. The molecule has 2 aromatic heterocycles. The van der Waals surface area contributed by atoms with E-state index in [2.05, 4.69) is 16.3 Å². The molecule has 8 nitrogen and oxygen atoms in total. The van der Waals surface area contributed by atoms with Gasteiger partial charge in [-0.05, 0) is 30.5 Å². The maximum Gasteiger partial charge on any atom is 0.263 e. The summed E-state index contributed by atoms with van der Waals surface area (Å²) in [6, 6.07) is 19.5. The molecule has 0 spiro atoms. The first-order valence-corrected chi connectivity index (χ1v) is 12.7. The Labute approximate surface area is 207 Å². The average Bonchev–Trinajstić information content (AvgIpc) is 3.34. The van der Waals surface area contributed by atoms with E-state index in [4.69, 9.17) is 0 Å². The van der Waals surface area contributed by atoms with E-state index in [1.807, 2.05) is 52.9 Å². The van der Waals surface area contributed by atoms with E-state index < -0.39 is 5.54 Å². The number of hydrogen-bond donors (Lipinski definition) is 0. The topological polar surface area (TPSA) is 96.3 Å². The lowest BCUT2D eigenvalue weighted by Crippen LogP contribution is -2.50. The van der Waals surface area contributed by atoms with Gasteiger partial charge in [0.1, 0.15) is 5.54 Å². The second kappa shape index (κ2) is 9.55. The predicted octanol–water partition coefficient (Wildman–Crippen LogP) is 3.87. The van der Waals surface area contributed by atoms with Crippen molar-refractivity contribution in [3.8, 4) is 6.07 Å². The second-order valence-corrected chi connectivity index (χ2v) is 9.90. The van der Waals surface area contributed by atoms with Crippen molar-refractivity contribution in [2.75, 3.05) is 12.8 Å². The molecule has 1 fully saturated rings. The van der Waals surface area contributed by atoms with E-state index in [-0.39, 0.29) is 17.2 Å². The molecule has 0 saturated heterocycles. The highest BCUT2D eigenvalue weighted by molar-refractivity contribution is 7.99. The van der Waals surface area contributed by atoms with Crippen LogP contribution in [0.5, 0.6) is 0 Å². The monoisotopic (exact) mass is 486 g/mol. The van der Waals surface area contributed by atoms with Crippen molar-refractivity contribution in [2.24, 2.45) is 0 Å². The minimum absolute atomic E-state index is 0.114. The number of amides is 1. The summed E-state index contributed by atoms with van der Waals surface area (Å²) in [5, 5.41) is 19.6. The Morgan fingerprint density at radius 1 is 1.09 bits per heavy atom. The van der Waals surface area contributed by atoms with Crippen LogP contribution in [-0.2, 0) is 11.3 Å². The summed E-state index contributed by atoms with van der Waals surface area (Å²) in [7, 11) is 1.73. The molecular weight excluding hydrogens is 460 g/mol. The molecule has 1 aliphatic carbocycles. The summed E-state index contributed by atoms with van der Waals surface area (Å²) >= 11 is 1.28. The van der Waals surface area contributed by atoms with Crippen LogP contribution in [0.25, 0.3) is 16.7 Å². The molecule has 178 valence electrons. The van der Waals surface area contributed by atoms with Crippen molar-refractivity contribution >= 4 is 34.3 Å². The Balaban J connectivity index is 1.49. The van der Waals surface area contributed by atoms with Gasteiger partial charge in [-0.1, -0.05) is 73.5 Å².